The topological polar surface area (TPSA) is 93.9 Å². The van der Waals surface area contributed by atoms with Crippen LogP contribution in [0.3, 0.4) is 0 Å². The number of aromatic nitrogens is 2. The summed E-state index contributed by atoms with van der Waals surface area (Å²) in [6.07, 6.45) is 6.12. The van der Waals surface area contributed by atoms with E-state index in [-0.39, 0.29) is 18.0 Å². The second kappa shape index (κ2) is 14.3. The number of benzene rings is 2. The summed E-state index contributed by atoms with van der Waals surface area (Å²) in [4.78, 5) is 37.5. The van der Waals surface area contributed by atoms with Crippen molar-refractivity contribution in [3.63, 3.8) is 0 Å². The van der Waals surface area contributed by atoms with E-state index in [4.69, 9.17) is 0 Å². The third kappa shape index (κ3) is 7.96. The summed E-state index contributed by atoms with van der Waals surface area (Å²) in [6, 6.07) is 15.7. The molecule has 2 aliphatic rings. The van der Waals surface area contributed by atoms with Crippen LogP contribution in [-0.4, -0.2) is 99.8 Å². The average Bonchev–Trinajstić information content (AvgIpc) is 3.02. The maximum Gasteiger partial charge on any atom is 0.261 e. The van der Waals surface area contributed by atoms with Crippen molar-refractivity contribution in [2.24, 2.45) is 0 Å². The summed E-state index contributed by atoms with van der Waals surface area (Å²) < 4.78 is 1.52. The first-order valence-corrected chi connectivity index (χ1v) is 15.6. The van der Waals surface area contributed by atoms with Crippen LogP contribution in [0.1, 0.15) is 44.6 Å². The molecule has 2 saturated heterocycles. The molecule has 0 radical (unpaired) electrons. The van der Waals surface area contributed by atoms with Gasteiger partial charge in [-0.05, 0) is 56.0 Å². The smallest absolute Gasteiger partial charge is 0.261 e. The van der Waals surface area contributed by atoms with Crippen molar-refractivity contribution in [2.45, 2.75) is 57.6 Å². The van der Waals surface area contributed by atoms with Gasteiger partial charge in [0.05, 0.1) is 29.4 Å². The largest absolute Gasteiger partial charge is 0.388 e. The first-order chi connectivity index (χ1) is 20.4. The van der Waals surface area contributed by atoms with Crippen LogP contribution in [0.2, 0.25) is 0 Å². The lowest BCUT2D eigenvalue weighted by molar-refractivity contribution is -0.135. The average molecular weight is 575 g/mol. The Morgan fingerprint density at radius 3 is 2.40 bits per heavy atom. The maximum atomic E-state index is 13.3. The van der Waals surface area contributed by atoms with E-state index < -0.39 is 5.60 Å². The Morgan fingerprint density at radius 2 is 1.69 bits per heavy atom. The highest BCUT2D eigenvalue weighted by atomic mass is 16.3. The number of fused-ring (bicyclic) bond motifs is 1. The first-order valence-electron chi connectivity index (χ1n) is 15.6. The highest BCUT2D eigenvalue weighted by molar-refractivity contribution is 5.81. The Hall–Kier alpha value is -3.27. The molecule has 1 amide bonds. The van der Waals surface area contributed by atoms with Gasteiger partial charge in [0.2, 0.25) is 5.91 Å². The number of aryl methyl sites for hydroxylation is 1. The number of anilines is 1. The molecule has 9 nitrogen and oxygen atoms in total. The van der Waals surface area contributed by atoms with Crippen LogP contribution in [0.5, 0.6) is 0 Å². The molecule has 2 aromatic carbocycles. The van der Waals surface area contributed by atoms with Gasteiger partial charge in [-0.1, -0.05) is 43.7 Å². The highest BCUT2D eigenvalue weighted by Crippen LogP contribution is 2.25. The number of amides is 1. The summed E-state index contributed by atoms with van der Waals surface area (Å²) in [5.41, 5.74) is 1.56. The molecule has 0 atom stereocenters. The van der Waals surface area contributed by atoms with Gasteiger partial charge in [-0.15, -0.1) is 0 Å². The molecule has 5 rings (SSSR count). The lowest BCUT2D eigenvalue weighted by Gasteiger charge is -2.38. The number of piperidine rings is 1. The molecule has 2 N–H and O–H groups in total. The molecule has 226 valence electrons. The predicted octanol–water partition coefficient (Wildman–Crippen LogP) is 3.21. The molecule has 42 heavy (non-hydrogen) atoms. The third-order valence-electron chi connectivity index (χ3n) is 8.86. The molecular weight excluding hydrogens is 528 g/mol. The lowest BCUT2D eigenvalue weighted by Crippen LogP contribution is -2.49. The van der Waals surface area contributed by atoms with Gasteiger partial charge in [-0.2, -0.15) is 0 Å². The molecule has 2 fully saturated rings. The highest BCUT2D eigenvalue weighted by Gasteiger charge is 2.34. The number of aliphatic hydroxyl groups is 1. The van der Waals surface area contributed by atoms with Gasteiger partial charge >= 0.3 is 0 Å². The number of nitrogens with zero attached hydrogens (tertiary/aromatic N) is 5. The number of hydrogen-bond donors (Lipinski definition) is 2. The van der Waals surface area contributed by atoms with Crippen molar-refractivity contribution in [1.29, 1.82) is 0 Å². The molecule has 9 heteroatoms. The van der Waals surface area contributed by atoms with Gasteiger partial charge < -0.3 is 20.2 Å². The monoisotopic (exact) mass is 574 g/mol. The van der Waals surface area contributed by atoms with Crippen molar-refractivity contribution in [1.82, 2.24) is 24.3 Å². The third-order valence-corrected chi connectivity index (χ3v) is 8.86. The zero-order valence-corrected chi connectivity index (χ0v) is 25.0. The summed E-state index contributed by atoms with van der Waals surface area (Å²) >= 11 is 0. The van der Waals surface area contributed by atoms with Crippen molar-refractivity contribution in [2.75, 3.05) is 64.2 Å². The predicted molar refractivity (Wildman–Crippen MR) is 168 cm³/mol. The normalized spacial score (nSPS) is 17.9. The van der Waals surface area contributed by atoms with E-state index in [0.29, 0.717) is 49.7 Å². The fourth-order valence-corrected chi connectivity index (χ4v) is 6.06. The molecule has 3 aromatic rings. The summed E-state index contributed by atoms with van der Waals surface area (Å²) in [7, 11) is 0. The van der Waals surface area contributed by atoms with Crippen LogP contribution in [0.4, 0.5) is 5.69 Å². The van der Waals surface area contributed by atoms with E-state index in [0.717, 1.165) is 50.5 Å². The molecular formula is C33H46N6O3. The lowest BCUT2D eigenvalue weighted by atomic mass is 9.91. The van der Waals surface area contributed by atoms with Gasteiger partial charge in [0.25, 0.3) is 5.56 Å². The Kier molecular flexibility index (Phi) is 10.3. The zero-order chi connectivity index (χ0) is 29.4. The van der Waals surface area contributed by atoms with Crippen LogP contribution in [0.25, 0.3) is 10.9 Å². The van der Waals surface area contributed by atoms with Crippen LogP contribution in [-0.2, 0) is 17.8 Å². The number of carbonyl (C=O) groups is 1. The Balaban J connectivity index is 1.09. The van der Waals surface area contributed by atoms with Crippen LogP contribution in [0.15, 0.2) is 59.7 Å². The molecule has 0 bridgehead atoms. The van der Waals surface area contributed by atoms with Crippen LogP contribution in [0, 0.1) is 0 Å². The SMILES string of the molecule is CCCCN1CCN(CCNc2ccc3c(=O)n(CC4(O)CCN(C(=O)CCc5ccccc5)CC4)cnc3c2)CC1. The minimum atomic E-state index is -1.04. The van der Waals surface area contributed by atoms with E-state index >= 15 is 0 Å². The molecule has 3 heterocycles. The number of piperazine rings is 1. The second-order valence-electron chi connectivity index (χ2n) is 12.0. The van der Waals surface area contributed by atoms with Crippen molar-refractivity contribution >= 4 is 22.5 Å². The minimum absolute atomic E-state index is 0.111. The van der Waals surface area contributed by atoms with E-state index in [1.165, 1.54) is 24.0 Å². The molecule has 2 aliphatic heterocycles. The Bertz CT molecular complexity index is 1360. The number of hydrogen-bond acceptors (Lipinski definition) is 7. The van der Waals surface area contributed by atoms with Gasteiger partial charge in [-0.25, -0.2) is 4.98 Å². The van der Waals surface area contributed by atoms with Gasteiger partial charge in [0, 0.05) is 64.5 Å². The van der Waals surface area contributed by atoms with Gasteiger partial charge in [0.15, 0.2) is 0 Å². The molecule has 0 aliphatic carbocycles. The number of likely N-dealkylation sites (tertiary alicyclic amines) is 1. The van der Waals surface area contributed by atoms with E-state index in [1.54, 1.807) is 6.33 Å². The zero-order valence-electron chi connectivity index (χ0n) is 25.0. The van der Waals surface area contributed by atoms with E-state index in [9.17, 15) is 14.7 Å². The molecule has 1 aromatic heterocycles. The molecule has 0 spiro atoms. The summed E-state index contributed by atoms with van der Waals surface area (Å²) in [5.74, 6) is 0.111. The number of nitrogens with one attached hydrogen (secondary N) is 1. The number of rotatable bonds is 12. The van der Waals surface area contributed by atoms with Gasteiger partial charge in [-0.3, -0.25) is 19.1 Å². The fraction of sp³-hybridized carbons (Fsp3) is 0.545. The van der Waals surface area contributed by atoms with E-state index in [2.05, 4.69) is 27.0 Å². The second-order valence-corrected chi connectivity index (χ2v) is 12.0. The fourth-order valence-electron chi connectivity index (χ4n) is 6.06. The number of carbonyl (C=O) groups excluding carboxylic acids is 1. The van der Waals surface area contributed by atoms with Crippen LogP contribution < -0.4 is 10.9 Å². The minimum Gasteiger partial charge on any atom is -0.388 e. The Morgan fingerprint density at radius 1 is 0.976 bits per heavy atom. The van der Waals surface area contributed by atoms with Crippen LogP contribution >= 0.6 is 0 Å². The Labute approximate surface area is 249 Å². The molecule has 0 saturated carbocycles. The number of unbranched alkanes of at least 4 members (excludes halogenated alkanes) is 1. The molecule has 0 unspecified atom stereocenters. The quantitative estimate of drug-likeness (QED) is 0.343. The first kappa shape index (κ1) is 30.2. The maximum absolute atomic E-state index is 13.3. The van der Waals surface area contributed by atoms with Gasteiger partial charge in [0.1, 0.15) is 0 Å². The van der Waals surface area contributed by atoms with Crippen molar-refractivity contribution < 1.29 is 9.90 Å². The van der Waals surface area contributed by atoms with Crippen molar-refractivity contribution in [3.8, 4) is 0 Å². The standard InChI is InChI=1S/C33H46N6O3/c1-2-3-16-36-20-22-37(23-21-36)19-15-34-28-10-11-29-30(24-28)35-26-39(32(29)41)25-33(42)13-17-38(18-14-33)31(40)12-9-27-7-5-4-6-8-27/h4-8,10-11,24,26,34,42H,2-3,9,12-23,25H2,1H3. The van der Waals surface area contributed by atoms with E-state index in [1.807, 2.05) is 53.4 Å². The van der Waals surface area contributed by atoms with Crippen molar-refractivity contribution in [3.05, 3.63) is 70.8 Å². The summed E-state index contributed by atoms with van der Waals surface area (Å²) in [6.45, 7) is 11.0. The summed E-state index contributed by atoms with van der Waals surface area (Å²) in [5, 5.41) is 15.3.